The Hall–Kier alpha value is 0.0969. The Labute approximate surface area is 114 Å². The summed E-state index contributed by atoms with van der Waals surface area (Å²) < 4.78 is 14.6. The topological polar surface area (TPSA) is 21.7 Å². The van der Waals surface area contributed by atoms with Crippen LogP contribution in [0.2, 0.25) is 5.04 Å². The highest BCUT2D eigenvalue weighted by molar-refractivity contribution is 6.67. The third-order valence-corrected chi connectivity index (χ3v) is 9.60. The Morgan fingerprint density at radius 3 is 1.89 bits per heavy atom. The summed E-state index contributed by atoms with van der Waals surface area (Å²) in [6.45, 7) is 13.7. The van der Waals surface area contributed by atoms with E-state index in [4.69, 9.17) is 8.85 Å². The first-order valence-electron chi connectivity index (χ1n) is 7.17. The zero-order chi connectivity index (χ0) is 14.0. The zero-order valence-corrected chi connectivity index (χ0v) is 14.2. The Morgan fingerprint density at radius 1 is 1.11 bits per heavy atom. The molecule has 1 fully saturated rings. The standard InChI is InChI=1S/C14H31NO2Si/c1-12(2)14(4,5)18(16-6,17-7)15-10-8-13(3)9-11-15/h12-13H,8-11H2,1-7H3. The molecular formula is C14H31NO2Si. The summed E-state index contributed by atoms with van der Waals surface area (Å²) in [5.41, 5.74) is 0. The lowest BCUT2D eigenvalue weighted by molar-refractivity contribution is 0.102. The van der Waals surface area contributed by atoms with Crippen LogP contribution in [0.3, 0.4) is 0 Å². The van der Waals surface area contributed by atoms with Crippen LogP contribution in [0, 0.1) is 11.8 Å². The predicted octanol–water partition coefficient (Wildman–Crippen LogP) is 3.39. The fourth-order valence-corrected chi connectivity index (χ4v) is 7.07. The summed E-state index contributed by atoms with van der Waals surface area (Å²) in [4.78, 5) is 0. The number of piperidine rings is 1. The van der Waals surface area contributed by atoms with Gasteiger partial charge in [0.2, 0.25) is 0 Å². The maximum absolute atomic E-state index is 6.03. The van der Waals surface area contributed by atoms with Crippen LogP contribution >= 0.6 is 0 Å². The van der Waals surface area contributed by atoms with E-state index in [-0.39, 0.29) is 5.04 Å². The molecular weight excluding hydrogens is 242 g/mol. The quantitative estimate of drug-likeness (QED) is 0.717. The molecule has 0 bridgehead atoms. The molecule has 0 spiro atoms. The summed E-state index contributed by atoms with van der Waals surface area (Å²) in [6, 6.07) is 0. The molecule has 18 heavy (non-hydrogen) atoms. The van der Waals surface area contributed by atoms with Crippen molar-refractivity contribution in [3.05, 3.63) is 0 Å². The number of nitrogens with zero attached hydrogens (tertiary/aromatic N) is 1. The summed E-state index contributed by atoms with van der Waals surface area (Å²) in [6.07, 6.45) is 2.52. The molecule has 0 amide bonds. The Morgan fingerprint density at radius 2 is 1.56 bits per heavy atom. The van der Waals surface area contributed by atoms with Crippen LogP contribution in [0.1, 0.15) is 47.5 Å². The second-order valence-corrected chi connectivity index (χ2v) is 10.4. The first kappa shape index (κ1) is 16.2. The lowest BCUT2D eigenvalue weighted by atomic mass is 9.99. The van der Waals surface area contributed by atoms with Crippen LogP contribution < -0.4 is 0 Å². The van der Waals surface area contributed by atoms with Gasteiger partial charge >= 0.3 is 8.72 Å². The van der Waals surface area contributed by atoms with Crippen LogP contribution in [-0.2, 0) is 8.85 Å². The average Bonchev–Trinajstić information content (AvgIpc) is 2.33. The molecule has 0 unspecified atom stereocenters. The van der Waals surface area contributed by atoms with E-state index in [9.17, 15) is 0 Å². The molecule has 1 heterocycles. The second kappa shape index (κ2) is 6.03. The van der Waals surface area contributed by atoms with Crippen LogP contribution in [-0.4, -0.2) is 40.6 Å². The molecule has 3 nitrogen and oxygen atoms in total. The van der Waals surface area contributed by atoms with E-state index in [1.54, 1.807) is 0 Å². The Bertz CT molecular complexity index is 257. The third-order valence-electron chi connectivity index (χ3n) is 5.01. The molecule has 0 aromatic heterocycles. The van der Waals surface area contributed by atoms with Crippen molar-refractivity contribution in [3.8, 4) is 0 Å². The van der Waals surface area contributed by atoms with Crippen molar-refractivity contribution in [1.82, 2.24) is 4.57 Å². The molecule has 1 aliphatic rings. The smallest absolute Gasteiger partial charge is 0.386 e. The van der Waals surface area contributed by atoms with Gasteiger partial charge in [-0.3, -0.25) is 4.57 Å². The van der Waals surface area contributed by atoms with Crippen molar-refractivity contribution in [2.24, 2.45) is 11.8 Å². The van der Waals surface area contributed by atoms with Crippen molar-refractivity contribution in [3.63, 3.8) is 0 Å². The predicted molar refractivity (Wildman–Crippen MR) is 78.6 cm³/mol. The van der Waals surface area contributed by atoms with Gasteiger partial charge in [0.25, 0.3) is 0 Å². The largest absolute Gasteiger partial charge is 0.433 e. The lowest BCUT2D eigenvalue weighted by Gasteiger charge is -2.51. The number of rotatable bonds is 5. The van der Waals surface area contributed by atoms with Gasteiger partial charge in [-0.1, -0.05) is 34.6 Å². The van der Waals surface area contributed by atoms with Crippen LogP contribution in [0.25, 0.3) is 0 Å². The van der Waals surface area contributed by atoms with Gasteiger partial charge in [-0.25, -0.2) is 0 Å². The van der Waals surface area contributed by atoms with E-state index in [1.165, 1.54) is 12.8 Å². The van der Waals surface area contributed by atoms with Crippen molar-refractivity contribution in [2.45, 2.75) is 52.5 Å². The highest BCUT2D eigenvalue weighted by Gasteiger charge is 2.58. The van der Waals surface area contributed by atoms with Gasteiger partial charge in [0.1, 0.15) is 0 Å². The number of hydrogen-bond donors (Lipinski definition) is 0. The van der Waals surface area contributed by atoms with Gasteiger partial charge in [0.15, 0.2) is 0 Å². The van der Waals surface area contributed by atoms with Gasteiger partial charge in [0.05, 0.1) is 0 Å². The SMILES string of the molecule is CO[Si](OC)(N1CCC(C)CC1)C(C)(C)C(C)C. The Kier molecular flexibility index (Phi) is 5.41. The monoisotopic (exact) mass is 273 g/mol. The van der Waals surface area contributed by atoms with E-state index >= 15 is 0 Å². The van der Waals surface area contributed by atoms with Crippen molar-refractivity contribution >= 4 is 8.72 Å². The molecule has 0 atom stereocenters. The minimum absolute atomic E-state index is 0.0804. The molecule has 0 saturated carbocycles. The molecule has 4 heteroatoms. The van der Waals surface area contributed by atoms with Gasteiger partial charge in [-0.15, -0.1) is 0 Å². The van der Waals surface area contributed by atoms with Crippen molar-refractivity contribution in [2.75, 3.05) is 27.3 Å². The molecule has 1 saturated heterocycles. The molecule has 0 aromatic carbocycles. The van der Waals surface area contributed by atoms with E-state index in [1.807, 2.05) is 14.2 Å². The summed E-state index contributed by atoms with van der Waals surface area (Å²) >= 11 is 0. The fourth-order valence-electron chi connectivity index (χ4n) is 2.94. The van der Waals surface area contributed by atoms with Crippen LogP contribution in [0.15, 0.2) is 0 Å². The van der Waals surface area contributed by atoms with Crippen molar-refractivity contribution in [1.29, 1.82) is 0 Å². The zero-order valence-electron chi connectivity index (χ0n) is 13.2. The summed E-state index contributed by atoms with van der Waals surface area (Å²) in [7, 11) is 1.33. The molecule has 1 rings (SSSR count). The maximum atomic E-state index is 6.03. The van der Waals surface area contributed by atoms with E-state index in [0.717, 1.165) is 19.0 Å². The first-order valence-corrected chi connectivity index (χ1v) is 8.93. The second-order valence-electron chi connectivity index (χ2n) is 6.54. The van der Waals surface area contributed by atoms with Crippen LogP contribution in [0.4, 0.5) is 0 Å². The summed E-state index contributed by atoms with van der Waals surface area (Å²) in [5, 5.41) is 0.0804. The van der Waals surface area contributed by atoms with Gasteiger partial charge in [0, 0.05) is 19.3 Å². The molecule has 0 aliphatic carbocycles. The highest BCUT2D eigenvalue weighted by Crippen LogP contribution is 2.47. The van der Waals surface area contributed by atoms with Crippen molar-refractivity contribution < 1.29 is 8.85 Å². The molecule has 1 aliphatic heterocycles. The summed E-state index contributed by atoms with van der Waals surface area (Å²) in [5.74, 6) is 1.38. The van der Waals surface area contributed by atoms with E-state index < -0.39 is 8.72 Å². The van der Waals surface area contributed by atoms with Gasteiger partial charge in [-0.2, -0.15) is 0 Å². The van der Waals surface area contributed by atoms with Gasteiger partial charge < -0.3 is 8.85 Å². The maximum Gasteiger partial charge on any atom is 0.433 e. The molecule has 108 valence electrons. The minimum Gasteiger partial charge on any atom is -0.386 e. The van der Waals surface area contributed by atoms with E-state index in [0.29, 0.717) is 5.92 Å². The van der Waals surface area contributed by atoms with E-state index in [2.05, 4.69) is 39.2 Å². The fraction of sp³-hybridized carbons (Fsp3) is 1.00. The molecule has 0 aromatic rings. The molecule has 0 N–H and O–H groups in total. The minimum atomic E-state index is -2.33. The third kappa shape index (κ3) is 2.67. The number of hydrogen-bond acceptors (Lipinski definition) is 3. The van der Waals surface area contributed by atoms with Gasteiger partial charge in [-0.05, 0) is 37.8 Å². The normalized spacial score (nSPS) is 20.7. The first-order chi connectivity index (χ1) is 8.31. The highest BCUT2D eigenvalue weighted by atomic mass is 28.4. The Balaban J connectivity index is 2.99. The average molecular weight is 273 g/mol. The molecule has 0 radical (unpaired) electrons. The van der Waals surface area contributed by atoms with Crippen LogP contribution in [0.5, 0.6) is 0 Å². The lowest BCUT2D eigenvalue weighted by Crippen LogP contribution is -2.66.